The van der Waals surface area contributed by atoms with Gasteiger partial charge in [0.15, 0.2) is 0 Å². The fourth-order valence-electron chi connectivity index (χ4n) is 2.14. The van der Waals surface area contributed by atoms with Crippen molar-refractivity contribution in [2.45, 2.75) is 19.4 Å². The minimum absolute atomic E-state index is 0.282. The molecule has 0 bridgehead atoms. The molecule has 120 valence electrons. The topological polar surface area (TPSA) is 55.4 Å². The highest BCUT2D eigenvalue weighted by atomic mass is 19.1. The lowest BCUT2D eigenvalue weighted by atomic mass is 10.0. The Labute approximate surface area is 134 Å². The largest absolute Gasteiger partial charge is 0.467 e. The first kappa shape index (κ1) is 16.7. The van der Waals surface area contributed by atoms with Crippen LogP contribution in [-0.2, 0) is 16.0 Å². The van der Waals surface area contributed by atoms with Crippen molar-refractivity contribution in [1.29, 1.82) is 0 Å². The van der Waals surface area contributed by atoms with Crippen LogP contribution < -0.4 is 5.32 Å². The lowest BCUT2D eigenvalue weighted by Gasteiger charge is -2.17. The number of ether oxygens (including phenoxy) is 1. The van der Waals surface area contributed by atoms with Crippen molar-refractivity contribution < 1.29 is 18.7 Å². The number of aryl methyl sites for hydroxylation is 1. The number of hydrogen-bond donors (Lipinski definition) is 1. The summed E-state index contributed by atoms with van der Waals surface area (Å²) in [6, 6.07) is 12.0. The molecule has 0 unspecified atom stereocenters. The van der Waals surface area contributed by atoms with Gasteiger partial charge in [-0.3, -0.25) is 4.79 Å². The van der Waals surface area contributed by atoms with Crippen LogP contribution in [0.2, 0.25) is 0 Å². The highest BCUT2D eigenvalue weighted by Gasteiger charge is 2.22. The third kappa shape index (κ3) is 4.64. The molecule has 0 heterocycles. The molecule has 23 heavy (non-hydrogen) atoms. The Hall–Kier alpha value is -2.69. The second kappa shape index (κ2) is 7.54. The number of methoxy groups -OCH3 is 1. The molecule has 5 heteroatoms. The van der Waals surface area contributed by atoms with E-state index in [1.807, 2.05) is 31.2 Å². The summed E-state index contributed by atoms with van der Waals surface area (Å²) >= 11 is 0. The van der Waals surface area contributed by atoms with E-state index in [0.717, 1.165) is 11.1 Å². The van der Waals surface area contributed by atoms with Crippen LogP contribution in [0.5, 0.6) is 0 Å². The van der Waals surface area contributed by atoms with Gasteiger partial charge in [0.05, 0.1) is 7.11 Å². The zero-order valence-corrected chi connectivity index (χ0v) is 13.0. The maximum atomic E-state index is 12.9. The van der Waals surface area contributed by atoms with Crippen molar-refractivity contribution >= 4 is 11.9 Å². The Bertz CT molecular complexity index is 680. The molecule has 0 aliphatic carbocycles. The van der Waals surface area contributed by atoms with Gasteiger partial charge in [-0.05, 0) is 36.8 Å². The van der Waals surface area contributed by atoms with Crippen LogP contribution in [0.4, 0.5) is 4.39 Å². The lowest BCUT2D eigenvalue weighted by molar-refractivity contribution is -0.142. The molecule has 0 radical (unpaired) electrons. The van der Waals surface area contributed by atoms with Crippen molar-refractivity contribution in [3.8, 4) is 0 Å². The van der Waals surface area contributed by atoms with Crippen molar-refractivity contribution in [2.24, 2.45) is 0 Å². The molecule has 0 fully saturated rings. The van der Waals surface area contributed by atoms with E-state index < -0.39 is 23.7 Å². The first-order chi connectivity index (χ1) is 11.0. The van der Waals surface area contributed by atoms with E-state index in [-0.39, 0.29) is 5.56 Å². The van der Waals surface area contributed by atoms with Crippen LogP contribution in [0.15, 0.2) is 48.5 Å². The molecule has 2 rings (SSSR count). The Morgan fingerprint density at radius 1 is 1.09 bits per heavy atom. The summed E-state index contributed by atoms with van der Waals surface area (Å²) in [5, 5.41) is 2.63. The summed E-state index contributed by atoms with van der Waals surface area (Å²) in [5.41, 5.74) is 2.30. The van der Waals surface area contributed by atoms with Gasteiger partial charge >= 0.3 is 5.97 Å². The normalized spacial score (nSPS) is 11.6. The summed E-state index contributed by atoms with van der Waals surface area (Å²) in [5.74, 6) is -1.40. The second-order valence-corrected chi connectivity index (χ2v) is 5.25. The lowest BCUT2D eigenvalue weighted by Crippen LogP contribution is -2.43. The molecule has 0 saturated carbocycles. The molecule has 0 spiro atoms. The van der Waals surface area contributed by atoms with E-state index in [4.69, 9.17) is 4.74 Å². The molecular weight excluding hydrogens is 297 g/mol. The summed E-state index contributed by atoms with van der Waals surface area (Å²) in [6.07, 6.45) is 0.319. The van der Waals surface area contributed by atoms with E-state index in [0.29, 0.717) is 6.42 Å². The zero-order valence-electron chi connectivity index (χ0n) is 13.0. The summed E-state index contributed by atoms with van der Waals surface area (Å²) in [6.45, 7) is 1.97. The van der Waals surface area contributed by atoms with Crippen molar-refractivity contribution in [2.75, 3.05) is 7.11 Å². The summed E-state index contributed by atoms with van der Waals surface area (Å²) in [4.78, 5) is 24.1. The number of hydrogen-bond acceptors (Lipinski definition) is 3. The quantitative estimate of drug-likeness (QED) is 0.863. The highest BCUT2D eigenvalue weighted by Crippen LogP contribution is 2.09. The fraction of sp³-hybridized carbons (Fsp3) is 0.222. The van der Waals surface area contributed by atoms with Crippen LogP contribution in [0.25, 0.3) is 0 Å². The molecule has 4 nitrogen and oxygen atoms in total. The third-order valence-electron chi connectivity index (χ3n) is 3.46. The van der Waals surface area contributed by atoms with Crippen molar-refractivity contribution in [3.05, 3.63) is 71.0 Å². The number of amides is 1. The molecule has 2 aromatic rings. The monoisotopic (exact) mass is 315 g/mol. The summed E-state index contributed by atoms with van der Waals surface area (Å²) in [7, 11) is 1.27. The third-order valence-corrected chi connectivity index (χ3v) is 3.46. The van der Waals surface area contributed by atoms with Crippen molar-refractivity contribution in [1.82, 2.24) is 5.32 Å². The molecule has 0 aliphatic heterocycles. The first-order valence-corrected chi connectivity index (χ1v) is 7.19. The molecule has 0 aliphatic rings. The van der Waals surface area contributed by atoms with Gasteiger partial charge < -0.3 is 10.1 Å². The number of rotatable bonds is 5. The average Bonchev–Trinajstić information content (AvgIpc) is 2.56. The first-order valence-electron chi connectivity index (χ1n) is 7.19. The van der Waals surface area contributed by atoms with Gasteiger partial charge in [0, 0.05) is 12.0 Å². The molecule has 1 amide bonds. The van der Waals surface area contributed by atoms with E-state index in [2.05, 4.69) is 5.32 Å². The zero-order chi connectivity index (χ0) is 16.8. The van der Waals surface area contributed by atoms with Gasteiger partial charge in [-0.2, -0.15) is 0 Å². The maximum Gasteiger partial charge on any atom is 0.328 e. The predicted octanol–water partition coefficient (Wildman–Crippen LogP) is 2.65. The minimum Gasteiger partial charge on any atom is -0.467 e. The molecule has 2 aromatic carbocycles. The van der Waals surface area contributed by atoms with Crippen molar-refractivity contribution in [3.63, 3.8) is 0 Å². The van der Waals surface area contributed by atoms with E-state index in [1.54, 1.807) is 0 Å². The van der Waals surface area contributed by atoms with E-state index in [9.17, 15) is 14.0 Å². The number of halogens is 1. The number of nitrogens with one attached hydrogen (secondary N) is 1. The van der Waals surface area contributed by atoms with Gasteiger partial charge in [-0.1, -0.05) is 29.8 Å². The van der Waals surface area contributed by atoms with Gasteiger partial charge in [0.2, 0.25) is 0 Å². The number of carbonyl (C=O) groups excluding carboxylic acids is 2. The fourth-order valence-corrected chi connectivity index (χ4v) is 2.14. The molecular formula is C18H18FNO3. The Balaban J connectivity index is 2.12. The molecule has 1 N–H and O–H groups in total. The second-order valence-electron chi connectivity index (χ2n) is 5.25. The van der Waals surface area contributed by atoms with Crippen LogP contribution >= 0.6 is 0 Å². The highest BCUT2D eigenvalue weighted by molar-refractivity contribution is 5.96. The molecule has 1 atom stereocenters. The van der Waals surface area contributed by atoms with Crippen LogP contribution in [0.3, 0.4) is 0 Å². The van der Waals surface area contributed by atoms with E-state index >= 15 is 0 Å². The Kier molecular flexibility index (Phi) is 5.46. The smallest absolute Gasteiger partial charge is 0.328 e. The average molecular weight is 315 g/mol. The predicted molar refractivity (Wildman–Crippen MR) is 84.6 cm³/mol. The number of carbonyl (C=O) groups is 2. The van der Waals surface area contributed by atoms with Crippen LogP contribution in [0, 0.1) is 12.7 Å². The van der Waals surface area contributed by atoms with Crippen LogP contribution in [0.1, 0.15) is 21.5 Å². The van der Waals surface area contributed by atoms with Gasteiger partial charge in [-0.15, -0.1) is 0 Å². The van der Waals surface area contributed by atoms with Gasteiger partial charge in [0.25, 0.3) is 5.91 Å². The summed E-state index contributed by atoms with van der Waals surface area (Å²) < 4.78 is 17.7. The standard InChI is InChI=1S/C18H18FNO3/c1-12-3-5-13(6-4-12)11-16(18(22)23-2)20-17(21)14-7-9-15(19)10-8-14/h3-10,16H,11H2,1-2H3,(H,20,21)/t16-/m1/s1. The van der Waals surface area contributed by atoms with Gasteiger partial charge in [0.1, 0.15) is 11.9 Å². The van der Waals surface area contributed by atoms with E-state index in [1.165, 1.54) is 31.4 Å². The number of esters is 1. The molecule has 0 saturated heterocycles. The van der Waals surface area contributed by atoms with Gasteiger partial charge in [-0.25, -0.2) is 9.18 Å². The number of benzene rings is 2. The maximum absolute atomic E-state index is 12.9. The Morgan fingerprint density at radius 3 is 2.26 bits per heavy atom. The minimum atomic E-state index is -0.805. The van der Waals surface area contributed by atoms with Crippen LogP contribution in [-0.4, -0.2) is 25.0 Å². The molecule has 0 aromatic heterocycles. The Morgan fingerprint density at radius 2 is 1.70 bits per heavy atom. The SMILES string of the molecule is COC(=O)[C@@H](Cc1ccc(C)cc1)NC(=O)c1ccc(F)cc1.